The Balaban J connectivity index is 1.60. The molecule has 148 valence electrons. The van der Waals surface area contributed by atoms with Crippen molar-refractivity contribution in [1.29, 1.82) is 0 Å². The molecule has 0 N–H and O–H groups in total. The summed E-state index contributed by atoms with van der Waals surface area (Å²) < 4.78 is 10.5. The van der Waals surface area contributed by atoms with E-state index in [0.717, 1.165) is 17.7 Å². The Morgan fingerprint density at radius 3 is 2.25 bits per heavy atom. The van der Waals surface area contributed by atoms with E-state index in [1.165, 1.54) is 0 Å². The summed E-state index contributed by atoms with van der Waals surface area (Å²) in [5.74, 6) is 1.37. The number of carbonyl (C=O) groups excluding carboxylic acids is 2. The molecular weight excluding hydrogens is 356 g/mol. The molecule has 0 spiro atoms. The summed E-state index contributed by atoms with van der Waals surface area (Å²) >= 11 is 0. The van der Waals surface area contributed by atoms with E-state index in [-0.39, 0.29) is 11.8 Å². The fourth-order valence-corrected chi connectivity index (χ4v) is 3.39. The largest absolute Gasteiger partial charge is 0.497 e. The van der Waals surface area contributed by atoms with Gasteiger partial charge in [-0.1, -0.05) is 24.3 Å². The number of rotatable bonds is 5. The van der Waals surface area contributed by atoms with Gasteiger partial charge in [0.1, 0.15) is 11.5 Å². The molecule has 28 heavy (non-hydrogen) atoms. The lowest BCUT2D eigenvalue weighted by molar-refractivity contribution is -0.130. The van der Waals surface area contributed by atoms with Crippen molar-refractivity contribution >= 4 is 11.8 Å². The Hall–Kier alpha value is -3.02. The highest BCUT2D eigenvalue weighted by Gasteiger charge is 2.24. The third-order valence-electron chi connectivity index (χ3n) is 4.99. The van der Waals surface area contributed by atoms with Crippen LogP contribution < -0.4 is 9.47 Å². The number of benzene rings is 2. The van der Waals surface area contributed by atoms with Crippen LogP contribution in [0.4, 0.5) is 0 Å². The number of hydrogen-bond acceptors (Lipinski definition) is 4. The van der Waals surface area contributed by atoms with Crippen LogP contribution in [0.1, 0.15) is 22.3 Å². The van der Waals surface area contributed by atoms with Gasteiger partial charge in [0.05, 0.1) is 26.2 Å². The zero-order valence-corrected chi connectivity index (χ0v) is 16.4. The molecule has 3 rings (SSSR count). The Morgan fingerprint density at radius 2 is 1.54 bits per heavy atom. The van der Waals surface area contributed by atoms with E-state index in [1.54, 1.807) is 31.3 Å². The van der Waals surface area contributed by atoms with Gasteiger partial charge in [-0.3, -0.25) is 9.59 Å². The molecule has 0 radical (unpaired) electrons. The van der Waals surface area contributed by atoms with E-state index in [1.807, 2.05) is 41.3 Å². The van der Waals surface area contributed by atoms with E-state index in [9.17, 15) is 9.59 Å². The van der Waals surface area contributed by atoms with Crippen LogP contribution >= 0.6 is 0 Å². The molecule has 0 aliphatic carbocycles. The zero-order valence-electron chi connectivity index (χ0n) is 16.4. The van der Waals surface area contributed by atoms with E-state index in [4.69, 9.17) is 9.47 Å². The van der Waals surface area contributed by atoms with Gasteiger partial charge in [0.15, 0.2) is 0 Å². The van der Waals surface area contributed by atoms with Gasteiger partial charge in [0.2, 0.25) is 5.91 Å². The van der Waals surface area contributed by atoms with Crippen molar-refractivity contribution in [2.75, 3.05) is 40.4 Å². The van der Waals surface area contributed by atoms with Crippen LogP contribution in [0.25, 0.3) is 0 Å². The zero-order chi connectivity index (χ0) is 19.9. The molecule has 0 saturated carbocycles. The van der Waals surface area contributed by atoms with Gasteiger partial charge < -0.3 is 19.3 Å². The van der Waals surface area contributed by atoms with Crippen molar-refractivity contribution in [3.63, 3.8) is 0 Å². The van der Waals surface area contributed by atoms with Crippen molar-refractivity contribution < 1.29 is 19.1 Å². The average molecular weight is 382 g/mol. The first kappa shape index (κ1) is 19.7. The smallest absolute Gasteiger partial charge is 0.257 e. The Bertz CT molecular complexity index is 820. The van der Waals surface area contributed by atoms with Crippen LogP contribution in [0, 0.1) is 0 Å². The quantitative estimate of drug-likeness (QED) is 0.798. The number of para-hydroxylation sites is 1. The van der Waals surface area contributed by atoms with Crippen molar-refractivity contribution in [3.8, 4) is 11.5 Å². The van der Waals surface area contributed by atoms with Crippen molar-refractivity contribution in [2.45, 2.75) is 12.8 Å². The Morgan fingerprint density at radius 1 is 0.857 bits per heavy atom. The van der Waals surface area contributed by atoms with Gasteiger partial charge in [0.25, 0.3) is 5.91 Å². The second kappa shape index (κ2) is 9.26. The number of nitrogens with zero attached hydrogens (tertiary/aromatic N) is 2. The third kappa shape index (κ3) is 4.63. The van der Waals surface area contributed by atoms with Crippen LogP contribution in [0.5, 0.6) is 11.5 Å². The first-order valence-corrected chi connectivity index (χ1v) is 9.45. The number of ether oxygens (including phenoxy) is 2. The van der Waals surface area contributed by atoms with Gasteiger partial charge in [0, 0.05) is 26.2 Å². The highest BCUT2D eigenvalue weighted by molar-refractivity contribution is 5.97. The van der Waals surface area contributed by atoms with Crippen LogP contribution in [0.3, 0.4) is 0 Å². The summed E-state index contributed by atoms with van der Waals surface area (Å²) in [4.78, 5) is 29.2. The lowest BCUT2D eigenvalue weighted by Gasteiger charge is -2.23. The minimum absolute atomic E-state index is 0.0538. The summed E-state index contributed by atoms with van der Waals surface area (Å²) in [6, 6.07) is 14.8. The first-order chi connectivity index (χ1) is 13.6. The minimum atomic E-state index is -0.0538. The van der Waals surface area contributed by atoms with Gasteiger partial charge >= 0.3 is 0 Å². The highest BCUT2D eigenvalue weighted by atomic mass is 16.5. The summed E-state index contributed by atoms with van der Waals surface area (Å²) in [6.07, 6.45) is 1.11. The second-order valence-corrected chi connectivity index (χ2v) is 6.75. The van der Waals surface area contributed by atoms with Crippen LogP contribution in [-0.2, 0) is 11.2 Å². The fourth-order valence-electron chi connectivity index (χ4n) is 3.39. The monoisotopic (exact) mass is 382 g/mol. The van der Waals surface area contributed by atoms with E-state index < -0.39 is 0 Å². The minimum Gasteiger partial charge on any atom is -0.497 e. The maximum atomic E-state index is 12.9. The molecule has 1 heterocycles. The molecule has 1 fully saturated rings. The maximum Gasteiger partial charge on any atom is 0.257 e. The normalized spacial score (nSPS) is 14.4. The van der Waals surface area contributed by atoms with Crippen molar-refractivity contribution in [2.24, 2.45) is 0 Å². The van der Waals surface area contributed by atoms with Gasteiger partial charge in [-0.05, 0) is 36.2 Å². The van der Waals surface area contributed by atoms with E-state index >= 15 is 0 Å². The van der Waals surface area contributed by atoms with Crippen molar-refractivity contribution in [3.05, 3.63) is 59.7 Å². The SMILES string of the molecule is COc1ccc(CC(=O)N2CCCN(C(=O)c3ccccc3OC)CC2)cc1. The average Bonchev–Trinajstić information content (AvgIpc) is 3.00. The van der Waals surface area contributed by atoms with Crippen molar-refractivity contribution in [1.82, 2.24) is 9.80 Å². The standard InChI is InChI=1S/C22H26N2O4/c1-27-18-10-8-17(9-11-18)16-21(25)23-12-5-13-24(15-14-23)22(26)19-6-3-4-7-20(19)28-2/h3-4,6-11H,5,12-16H2,1-2H3. The molecule has 0 aromatic heterocycles. The van der Waals surface area contributed by atoms with E-state index in [2.05, 4.69) is 0 Å². The van der Waals surface area contributed by atoms with E-state index in [0.29, 0.717) is 43.9 Å². The summed E-state index contributed by atoms with van der Waals surface area (Å²) in [6.45, 7) is 2.34. The van der Waals surface area contributed by atoms with Crippen LogP contribution in [0.2, 0.25) is 0 Å². The van der Waals surface area contributed by atoms with Gasteiger partial charge in [-0.25, -0.2) is 0 Å². The molecule has 0 bridgehead atoms. The Labute approximate surface area is 165 Å². The molecule has 0 atom stereocenters. The predicted octanol–water partition coefficient (Wildman–Crippen LogP) is 2.62. The molecule has 1 saturated heterocycles. The summed E-state index contributed by atoms with van der Waals surface area (Å²) in [5, 5.41) is 0. The number of amides is 2. The molecule has 1 aliphatic heterocycles. The number of carbonyl (C=O) groups is 2. The number of hydrogen-bond donors (Lipinski definition) is 0. The molecule has 0 unspecified atom stereocenters. The lowest BCUT2D eigenvalue weighted by Crippen LogP contribution is -2.38. The lowest BCUT2D eigenvalue weighted by atomic mass is 10.1. The van der Waals surface area contributed by atoms with Gasteiger partial charge in [-0.15, -0.1) is 0 Å². The summed E-state index contributed by atoms with van der Waals surface area (Å²) in [5.41, 5.74) is 1.51. The van der Waals surface area contributed by atoms with Crippen LogP contribution in [0.15, 0.2) is 48.5 Å². The third-order valence-corrected chi connectivity index (χ3v) is 4.99. The molecule has 1 aliphatic rings. The molecular formula is C22H26N2O4. The molecule has 2 aromatic rings. The highest BCUT2D eigenvalue weighted by Crippen LogP contribution is 2.20. The fraction of sp³-hybridized carbons (Fsp3) is 0.364. The number of methoxy groups -OCH3 is 2. The van der Waals surface area contributed by atoms with Gasteiger partial charge in [-0.2, -0.15) is 0 Å². The predicted molar refractivity (Wildman–Crippen MR) is 107 cm³/mol. The molecule has 2 aromatic carbocycles. The Kier molecular flexibility index (Phi) is 6.53. The second-order valence-electron chi connectivity index (χ2n) is 6.75. The first-order valence-electron chi connectivity index (χ1n) is 9.45. The topological polar surface area (TPSA) is 59.1 Å². The molecule has 6 nitrogen and oxygen atoms in total. The maximum absolute atomic E-state index is 12.9. The van der Waals surface area contributed by atoms with Crippen LogP contribution in [-0.4, -0.2) is 62.0 Å². The summed E-state index contributed by atoms with van der Waals surface area (Å²) in [7, 11) is 3.18. The molecule has 2 amide bonds. The molecule has 6 heteroatoms.